The molecule has 6 heteroatoms. The first-order valence-corrected chi connectivity index (χ1v) is 8.37. The van der Waals surface area contributed by atoms with Crippen LogP contribution in [0.3, 0.4) is 0 Å². The Balaban J connectivity index is 1.98. The molecule has 1 aromatic rings. The summed E-state index contributed by atoms with van der Waals surface area (Å²) >= 11 is 5.18. The van der Waals surface area contributed by atoms with Gasteiger partial charge in [0, 0.05) is 33.9 Å². The zero-order chi connectivity index (χ0) is 13.8. The van der Waals surface area contributed by atoms with Gasteiger partial charge in [-0.25, -0.2) is 0 Å². The molecule has 0 radical (unpaired) electrons. The van der Waals surface area contributed by atoms with E-state index in [1.807, 2.05) is 23.9 Å². The van der Waals surface area contributed by atoms with E-state index >= 15 is 0 Å². The van der Waals surface area contributed by atoms with Crippen molar-refractivity contribution in [3.8, 4) is 0 Å². The van der Waals surface area contributed by atoms with Gasteiger partial charge >= 0.3 is 0 Å². The molecule has 0 aliphatic heterocycles. The standard InChI is InChI=1S/C13H17BrN2O2S/c1-19-12-5-4-11(7-12)15-8-9-2-3-10(14)6-13(9)16(17)18/h2-3,6,11-12,15H,4-5,7-8H2,1H3. The monoisotopic (exact) mass is 344 g/mol. The van der Waals surface area contributed by atoms with Crippen LogP contribution >= 0.6 is 27.7 Å². The maximum atomic E-state index is 11.0. The number of hydrogen-bond donors (Lipinski definition) is 1. The predicted molar refractivity (Wildman–Crippen MR) is 82.6 cm³/mol. The van der Waals surface area contributed by atoms with Gasteiger partial charge in [-0.3, -0.25) is 10.1 Å². The maximum Gasteiger partial charge on any atom is 0.275 e. The molecule has 1 aromatic carbocycles. The first-order valence-electron chi connectivity index (χ1n) is 6.29. The van der Waals surface area contributed by atoms with Crippen molar-refractivity contribution >= 4 is 33.4 Å². The second-order valence-electron chi connectivity index (χ2n) is 4.78. The Bertz CT molecular complexity index is 470. The van der Waals surface area contributed by atoms with E-state index in [4.69, 9.17) is 0 Å². The number of rotatable bonds is 5. The molecule has 1 N–H and O–H groups in total. The van der Waals surface area contributed by atoms with Crippen molar-refractivity contribution in [3.05, 3.63) is 38.3 Å². The summed E-state index contributed by atoms with van der Waals surface area (Å²) in [6, 6.07) is 5.72. The van der Waals surface area contributed by atoms with Gasteiger partial charge in [0.05, 0.1) is 4.92 Å². The van der Waals surface area contributed by atoms with Crippen LogP contribution in [-0.4, -0.2) is 22.5 Å². The molecular weight excluding hydrogens is 328 g/mol. The number of hydrogen-bond acceptors (Lipinski definition) is 4. The highest BCUT2D eigenvalue weighted by Gasteiger charge is 2.24. The number of thioether (sulfide) groups is 1. The smallest absolute Gasteiger partial charge is 0.275 e. The molecule has 0 bridgehead atoms. The Morgan fingerprint density at radius 1 is 1.53 bits per heavy atom. The third-order valence-corrected chi connectivity index (χ3v) is 5.13. The Labute approximate surface area is 125 Å². The fraction of sp³-hybridized carbons (Fsp3) is 0.538. The van der Waals surface area contributed by atoms with Gasteiger partial charge in [-0.1, -0.05) is 15.9 Å². The molecule has 0 heterocycles. The maximum absolute atomic E-state index is 11.0. The zero-order valence-corrected chi connectivity index (χ0v) is 13.2. The second kappa shape index (κ2) is 6.72. The fourth-order valence-electron chi connectivity index (χ4n) is 2.45. The Kier molecular flexibility index (Phi) is 5.24. The van der Waals surface area contributed by atoms with Gasteiger partial charge in [0.15, 0.2) is 0 Å². The number of nitrogens with zero attached hydrogens (tertiary/aromatic N) is 1. The first-order chi connectivity index (χ1) is 9.10. The average molecular weight is 345 g/mol. The van der Waals surface area contributed by atoms with E-state index in [1.165, 1.54) is 6.42 Å². The van der Waals surface area contributed by atoms with Gasteiger partial charge < -0.3 is 5.32 Å². The molecule has 0 saturated heterocycles. The van der Waals surface area contributed by atoms with Gasteiger partial charge in [0.1, 0.15) is 0 Å². The highest BCUT2D eigenvalue weighted by Crippen LogP contribution is 2.29. The molecule has 0 spiro atoms. The summed E-state index contributed by atoms with van der Waals surface area (Å²) in [6.07, 6.45) is 5.70. The molecule has 2 rings (SSSR count). The van der Waals surface area contributed by atoms with Gasteiger partial charge in [-0.15, -0.1) is 0 Å². The largest absolute Gasteiger partial charge is 0.310 e. The minimum absolute atomic E-state index is 0.182. The van der Waals surface area contributed by atoms with E-state index < -0.39 is 0 Å². The number of nitro benzene ring substituents is 1. The van der Waals surface area contributed by atoms with E-state index in [2.05, 4.69) is 27.5 Å². The van der Waals surface area contributed by atoms with Crippen LogP contribution in [0.1, 0.15) is 24.8 Å². The van der Waals surface area contributed by atoms with E-state index in [0.717, 1.165) is 28.1 Å². The van der Waals surface area contributed by atoms with E-state index in [-0.39, 0.29) is 10.6 Å². The summed E-state index contributed by atoms with van der Waals surface area (Å²) in [5.41, 5.74) is 0.932. The van der Waals surface area contributed by atoms with Crippen LogP contribution in [0.4, 0.5) is 5.69 Å². The summed E-state index contributed by atoms with van der Waals surface area (Å²) in [5.74, 6) is 0. The molecule has 0 amide bonds. The van der Waals surface area contributed by atoms with Crippen LogP contribution in [0.25, 0.3) is 0 Å². The van der Waals surface area contributed by atoms with Crippen molar-refractivity contribution < 1.29 is 4.92 Å². The van der Waals surface area contributed by atoms with Crippen molar-refractivity contribution in [1.29, 1.82) is 0 Å². The van der Waals surface area contributed by atoms with Crippen molar-refractivity contribution in [3.63, 3.8) is 0 Å². The van der Waals surface area contributed by atoms with E-state index in [1.54, 1.807) is 6.07 Å². The molecule has 0 aromatic heterocycles. The van der Waals surface area contributed by atoms with Crippen LogP contribution in [0.15, 0.2) is 22.7 Å². The van der Waals surface area contributed by atoms with E-state index in [0.29, 0.717) is 12.6 Å². The normalized spacial score (nSPS) is 22.6. The van der Waals surface area contributed by atoms with Crippen molar-refractivity contribution in [2.75, 3.05) is 6.26 Å². The highest BCUT2D eigenvalue weighted by molar-refractivity contribution is 9.10. The molecule has 2 atom stereocenters. The van der Waals surface area contributed by atoms with Gasteiger partial charge in [0.2, 0.25) is 0 Å². The van der Waals surface area contributed by atoms with Gasteiger partial charge in [-0.2, -0.15) is 11.8 Å². The highest BCUT2D eigenvalue weighted by atomic mass is 79.9. The molecule has 1 aliphatic rings. The van der Waals surface area contributed by atoms with Crippen LogP contribution in [-0.2, 0) is 6.54 Å². The first kappa shape index (κ1) is 14.8. The summed E-state index contributed by atoms with van der Waals surface area (Å²) in [7, 11) is 0. The topological polar surface area (TPSA) is 55.2 Å². The van der Waals surface area contributed by atoms with Crippen LogP contribution in [0.5, 0.6) is 0 Å². The minimum atomic E-state index is -0.318. The van der Waals surface area contributed by atoms with Crippen LogP contribution < -0.4 is 5.32 Å². The quantitative estimate of drug-likeness (QED) is 0.653. The Morgan fingerprint density at radius 3 is 2.95 bits per heavy atom. The molecular formula is C13H17BrN2O2S. The van der Waals surface area contributed by atoms with E-state index in [9.17, 15) is 10.1 Å². The lowest BCUT2D eigenvalue weighted by molar-refractivity contribution is -0.385. The lowest BCUT2D eigenvalue weighted by atomic mass is 10.1. The Hall–Kier alpha value is -0.590. The fourth-order valence-corrected chi connectivity index (χ4v) is 3.60. The molecule has 1 saturated carbocycles. The summed E-state index contributed by atoms with van der Waals surface area (Å²) in [4.78, 5) is 10.7. The van der Waals surface area contributed by atoms with Crippen LogP contribution in [0, 0.1) is 10.1 Å². The van der Waals surface area contributed by atoms with Crippen molar-refractivity contribution in [2.24, 2.45) is 0 Å². The number of nitro groups is 1. The molecule has 19 heavy (non-hydrogen) atoms. The third kappa shape index (κ3) is 3.94. The summed E-state index contributed by atoms with van der Waals surface area (Å²) < 4.78 is 0.742. The second-order valence-corrected chi connectivity index (χ2v) is 6.83. The molecule has 2 unspecified atom stereocenters. The van der Waals surface area contributed by atoms with Crippen molar-refractivity contribution in [2.45, 2.75) is 37.1 Å². The SMILES string of the molecule is CSC1CCC(NCc2ccc(Br)cc2[N+](=O)[O-])C1. The number of nitrogens with one attached hydrogen (secondary N) is 1. The van der Waals surface area contributed by atoms with Gasteiger partial charge in [-0.05, 0) is 37.7 Å². The lowest BCUT2D eigenvalue weighted by Crippen LogP contribution is -2.26. The average Bonchev–Trinajstić information content (AvgIpc) is 2.85. The molecule has 1 fully saturated rings. The Morgan fingerprint density at radius 2 is 2.32 bits per heavy atom. The molecule has 4 nitrogen and oxygen atoms in total. The third-order valence-electron chi connectivity index (χ3n) is 3.54. The zero-order valence-electron chi connectivity index (χ0n) is 10.8. The van der Waals surface area contributed by atoms with Crippen molar-refractivity contribution in [1.82, 2.24) is 5.32 Å². The summed E-state index contributed by atoms with van der Waals surface area (Å²) in [6.45, 7) is 0.565. The van der Waals surface area contributed by atoms with Crippen LogP contribution in [0.2, 0.25) is 0 Å². The molecule has 1 aliphatic carbocycles. The minimum Gasteiger partial charge on any atom is -0.310 e. The predicted octanol–water partition coefficient (Wildman–Crippen LogP) is 3.73. The van der Waals surface area contributed by atoms with Gasteiger partial charge in [0.25, 0.3) is 5.69 Å². The number of halogens is 1. The number of benzene rings is 1. The molecule has 104 valence electrons. The lowest BCUT2D eigenvalue weighted by Gasteiger charge is -2.13. The summed E-state index contributed by atoms with van der Waals surface area (Å²) in [5, 5.41) is 15.2.